The van der Waals surface area contributed by atoms with Crippen LogP contribution in [0.4, 0.5) is 8.78 Å². The number of halogens is 3. The largest absolute Gasteiger partial charge is 0.388 e. The van der Waals surface area contributed by atoms with Crippen molar-refractivity contribution in [2.45, 2.75) is 18.9 Å². The Morgan fingerprint density at radius 1 is 1.38 bits per heavy atom. The average molecular weight is 249 g/mol. The molecule has 0 aromatic heterocycles. The van der Waals surface area contributed by atoms with E-state index >= 15 is 0 Å². The molecule has 70 valence electrons. The number of benzene rings is 1. The summed E-state index contributed by atoms with van der Waals surface area (Å²) in [5, 5.41) is 9.39. The maximum absolute atomic E-state index is 13.2. The molecule has 1 aliphatic carbocycles. The zero-order chi connectivity index (χ0) is 9.59. The van der Waals surface area contributed by atoms with Crippen LogP contribution in [0.2, 0.25) is 0 Å². The van der Waals surface area contributed by atoms with Crippen molar-refractivity contribution in [2.24, 2.45) is 0 Å². The second kappa shape index (κ2) is 3.03. The van der Waals surface area contributed by atoms with Crippen LogP contribution in [-0.2, 0) is 6.42 Å². The lowest BCUT2D eigenvalue weighted by Crippen LogP contribution is -1.97. The number of hydrogen-bond donors (Lipinski definition) is 1. The van der Waals surface area contributed by atoms with E-state index in [1.54, 1.807) is 0 Å². The Bertz CT molecular complexity index is 365. The van der Waals surface area contributed by atoms with E-state index in [0.29, 0.717) is 18.4 Å². The third kappa shape index (κ3) is 1.28. The fourth-order valence-electron chi connectivity index (χ4n) is 1.69. The van der Waals surface area contributed by atoms with E-state index in [1.807, 2.05) is 0 Å². The molecule has 0 bridgehead atoms. The highest BCUT2D eigenvalue weighted by Crippen LogP contribution is 2.38. The van der Waals surface area contributed by atoms with Gasteiger partial charge < -0.3 is 5.11 Å². The van der Waals surface area contributed by atoms with Gasteiger partial charge in [0.2, 0.25) is 0 Å². The van der Waals surface area contributed by atoms with Crippen LogP contribution in [-0.4, -0.2) is 5.11 Å². The average Bonchev–Trinajstić information content (AvgIpc) is 2.44. The second-order valence-electron chi connectivity index (χ2n) is 3.10. The van der Waals surface area contributed by atoms with Crippen molar-refractivity contribution in [2.75, 3.05) is 0 Å². The summed E-state index contributed by atoms with van der Waals surface area (Å²) in [6.07, 6.45) is 0.201. The molecule has 1 aromatic carbocycles. The Hall–Kier alpha value is -0.480. The summed E-state index contributed by atoms with van der Waals surface area (Å²) >= 11 is 3.04. The minimum absolute atomic E-state index is 0.244. The Morgan fingerprint density at radius 3 is 2.77 bits per heavy atom. The van der Waals surface area contributed by atoms with Crippen molar-refractivity contribution in [3.05, 3.63) is 33.3 Å². The van der Waals surface area contributed by atoms with Crippen LogP contribution >= 0.6 is 15.9 Å². The van der Waals surface area contributed by atoms with Gasteiger partial charge in [-0.25, -0.2) is 8.78 Å². The van der Waals surface area contributed by atoms with E-state index in [-0.39, 0.29) is 10.0 Å². The van der Waals surface area contributed by atoms with Gasteiger partial charge in [-0.05, 0) is 34.3 Å². The molecular weight excluding hydrogens is 242 g/mol. The molecule has 1 nitrogen and oxygen atoms in total. The lowest BCUT2D eigenvalue weighted by Gasteiger charge is -2.07. The lowest BCUT2D eigenvalue weighted by atomic mass is 10.1. The summed E-state index contributed by atoms with van der Waals surface area (Å²) < 4.78 is 26.4. The molecule has 13 heavy (non-hydrogen) atoms. The Kier molecular flexibility index (Phi) is 2.12. The fraction of sp³-hybridized carbons (Fsp3) is 0.333. The molecule has 1 N–H and O–H groups in total. The summed E-state index contributed by atoms with van der Waals surface area (Å²) in [5.74, 6) is -1.26. The molecule has 0 saturated heterocycles. The normalized spacial score (nSPS) is 20.5. The van der Waals surface area contributed by atoms with Gasteiger partial charge in [0.25, 0.3) is 0 Å². The van der Waals surface area contributed by atoms with E-state index < -0.39 is 17.7 Å². The third-order valence-corrected chi connectivity index (χ3v) is 3.17. The van der Waals surface area contributed by atoms with Crippen molar-refractivity contribution >= 4 is 15.9 Å². The highest BCUT2D eigenvalue weighted by molar-refractivity contribution is 9.10. The van der Waals surface area contributed by atoms with Crippen LogP contribution in [0.1, 0.15) is 23.7 Å². The predicted molar refractivity (Wildman–Crippen MR) is 47.3 cm³/mol. The van der Waals surface area contributed by atoms with E-state index in [0.717, 1.165) is 6.07 Å². The summed E-state index contributed by atoms with van der Waals surface area (Å²) in [4.78, 5) is 0. The maximum atomic E-state index is 13.2. The molecule has 0 unspecified atom stereocenters. The molecule has 2 rings (SSSR count). The number of aliphatic hydroxyl groups is 1. The molecule has 1 atom stereocenters. The summed E-state index contributed by atoms with van der Waals surface area (Å²) in [7, 11) is 0. The molecular formula is C9H7BrF2O. The fourth-order valence-corrected chi connectivity index (χ4v) is 2.22. The Balaban J connectivity index is 2.69. The zero-order valence-corrected chi connectivity index (χ0v) is 8.24. The molecule has 0 spiro atoms. The molecule has 0 radical (unpaired) electrons. The molecule has 0 heterocycles. The number of aliphatic hydroxyl groups excluding tert-OH is 1. The SMILES string of the molecule is O[C@H]1CCc2c(Br)c(F)cc(F)c21. The molecule has 0 aliphatic heterocycles. The van der Waals surface area contributed by atoms with Gasteiger partial charge in [-0.1, -0.05) is 0 Å². The second-order valence-corrected chi connectivity index (χ2v) is 3.89. The molecule has 4 heteroatoms. The van der Waals surface area contributed by atoms with Gasteiger partial charge in [-0.3, -0.25) is 0 Å². The predicted octanol–water partition coefficient (Wildman–Crippen LogP) is 2.71. The first-order chi connectivity index (χ1) is 6.11. The van der Waals surface area contributed by atoms with Crippen molar-refractivity contribution in [3.8, 4) is 0 Å². The lowest BCUT2D eigenvalue weighted by molar-refractivity contribution is 0.175. The first-order valence-corrected chi connectivity index (χ1v) is 4.75. The third-order valence-electron chi connectivity index (χ3n) is 2.31. The smallest absolute Gasteiger partial charge is 0.140 e. The van der Waals surface area contributed by atoms with Gasteiger partial charge >= 0.3 is 0 Å². The summed E-state index contributed by atoms with van der Waals surface area (Å²) in [5.41, 5.74) is 0.804. The van der Waals surface area contributed by atoms with Gasteiger partial charge in [0.05, 0.1) is 10.6 Å². The molecule has 1 aliphatic rings. The minimum Gasteiger partial charge on any atom is -0.388 e. The maximum Gasteiger partial charge on any atom is 0.140 e. The first kappa shape index (κ1) is 9.09. The molecule has 0 amide bonds. The van der Waals surface area contributed by atoms with Gasteiger partial charge in [-0.2, -0.15) is 0 Å². The van der Waals surface area contributed by atoms with Crippen LogP contribution in [0.3, 0.4) is 0 Å². The molecule has 0 saturated carbocycles. The van der Waals surface area contributed by atoms with Crippen molar-refractivity contribution < 1.29 is 13.9 Å². The van der Waals surface area contributed by atoms with Crippen molar-refractivity contribution in [3.63, 3.8) is 0 Å². The minimum atomic E-state index is -0.785. The summed E-state index contributed by atoms with van der Waals surface area (Å²) in [6.45, 7) is 0. The Morgan fingerprint density at radius 2 is 2.08 bits per heavy atom. The summed E-state index contributed by atoms with van der Waals surface area (Å²) in [6, 6.07) is 0.803. The van der Waals surface area contributed by atoms with E-state index in [4.69, 9.17) is 0 Å². The van der Waals surface area contributed by atoms with E-state index in [9.17, 15) is 13.9 Å². The quantitative estimate of drug-likeness (QED) is 0.701. The number of fused-ring (bicyclic) bond motifs is 1. The van der Waals surface area contributed by atoms with Crippen LogP contribution < -0.4 is 0 Å². The topological polar surface area (TPSA) is 20.2 Å². The first-order valence-electron chi connectivity index (χ1n) is 3.95. The van der Waals surface area contributed by atoms with Crippen molar-refractivity contribution in [1.82, 2.24) is 0 Å². The molecule has 1 aromatic rings. The van der Waals surface area contributed by atoms with Crippen molar-refractivity contribution in [1.29, 1.82) is 0 Å². The van der Waals surface area contributed by atoms with Gasteiger partial charge in [0.15, 0.2) is 0 Å². The van der Waals surface area contributed by atoms with Crippen LogP contribution in [0.15, 0.2) is 10.5 Å². The standard InChI is InChI=1S/C9H7BrF2O/c10-9-4-1-2-7(13)8(4)5(11)3-6(9)12/h3,7,13H,1-2H2/t7-/m0/s1. The Labute approximate surface area is 82.5 Å². The zero-order valence-electron chi connectivity index (χ0n) is 6.65. The van der Waals surface area contributed by atoms with Gasteiger partial charge in [-0.15, -0.1) is 0 Å². The van der Waals surface area contributed by atoms with E-state index in [1.165, 1.54) is 0 Å². The highest BCUT2D eigenvalue weighted by atomic mass is 79.9. The van der Waals surface area contributed by atoms with Gasteiger partial charge in [0.1, 0.15) is 11.6 Å². The van der Waals surface area contributed by atoms with Crippen LogP contribution in [0, 0.1) is 11.6 Å². The molecule has 0 fully saturated rings. The number of hydrogen-bond acceptors (Lipinski definition) is 1. The van der Waals surface area contributed by atoms with E-state index in [2.05, 4.69) is 15.9 Å². The van der Waals surface area contributed by atoms with Crippen LogP contribution in [0.25, 0.3) is 0 Å². The number of rotatable bonds is 0. The van der Waals surface area contributed by atoms with Crippen LogP contribution in [0.5, 0.6) is 0 Å². The van der Waals surface area contributed by atoms with Gasteiger partial charge in [0, 0.05) is 11.6 Å². The monoisotopic (exact) mass is 248 g/mol. The highest BCUT2D eigenvalue weighted by Gasteiger charge is 2.27.